The maximum Gasteiger partial charge on any atom is 0.355 e. The Morgan fingerprint density at radius 1 is 1.17 bits per heavy atom. The molecule has 1 aromatic carbocycles. The van der Waals surface area contributed by atoms with E-state index in [9.17, 15) is 14.7 Å². The first-order valence-corrected chi connectivity index (χ1v) is 7.57. The van der Waals surface area contributed by atoms with Gasteiger partial charge in [-0.25, -0.2) is 14.2 Å². The van der Waals surface area contributed by atoms with E-state index in [4.69, 9.17) is 0 Å². The van der Waals surface area contributed by atoms with Crippen molar-refractivity contribution in [2.75, 3.05) is 5.32 Å². The molecule has 1 heterocycles. The van der Waals surface area contributed by atoms with Gasteiger partial charge in [0.2, 0.25) is 5.95 Å². The van der Waals surface area contributed by atoms with Crippen molar-refractivity contribution in [1.82, 2.24) is 14.5 Å². The lowest BCUT2D eigenvalue weighted by molar-refractivity contribution is 0.199. The number of nitrogens with zero attached hydrogens (tertiary/aromatic N) is 2. The molecule has 0 aliphatic carbocycles. The average Bonchev–Trinajstić information content (AvgIpc) is 2.46. The molecular weight excluding hydrogens is 296 g/mol. The van der Waals surface area contributed by atoms with Crippen molar-refractivity contribution < 1.29 is 5.11 Å². The van der Waals surface area contributed by atoms with Gasteiger partial charge in [0.05, 0.1) is 12.1 Å². The molecule has 0 saturated carbocycles. The lowest BCUT2D eigenvalue weighted by atomic mass is 10.0. The van der Waals surface area contributed by atoms with Crippen LogP contribution in [0, 0.1) is 0 Å². The first kappa shape index (κ1) is 17.0. The molecule has 0 unspecified atom stereocenters. The van der Waals surface area contributed by atoms with Crippen LogP contribution in [0.1, 0.15) is 57.0 Å². The number of aliphatic hydroxyl groups is 1. The number of hydrogen-bond acceptors (Lipinski definition) is 5. The van der Waals surface area contributed by atoms with Crippen LogP contribution < -0.4 is 16.7 Å². The van der Waals surface area contributed by atoms with Crippen molar-refractivity contribution in [2.24, 2.45) is 0 Å². The van der Waals surface area contributed by atoms with E-state index >= 15 is 0 Å². The number of aromatic amines is 1. The molecule has 124 valence electrons. The van der Waals surface area contributed by atoms with Crippen LogP contribution in [-0.4, -0.2) is 19.6 Å². The predicted molar refractivity (Wildman–Crippen MR) is 88.6 cm³/mol. The van der Waals surface area contributed by atoms with Gasteiger partial charge in [0.1, 0.15) is 0 Å². The number of hydrogen-bond donors (Lipinski definition) is 3. The van der Waals surface area contributed by atoms with E-state index < -0.39 is 17.5 Å². The quantitative estimate of drug-likeness (QED) is 0.779. The standard InChI is InChI=1S/C16H22N4O3/c1-9(2)20-15(22)18-14(19-16(20)23)17-10(3)12-6-5-7-13(8-12)11(4)21/h5-11,21H,1-4H3,(H2,17,18,19,22,23)/t10-,11+/m0/s1. The second kappa shape index (κ2) is 6.78. The molecule has 0 bridgehead atoms. The van der Waals surface area contributed by atoms with Gasteiger partial charge in [-0.15, -0.1) is 0 Å². The Morgan fingerprint density at radius 2 is 1.83 bits per heavy atom. The molecule has 0 spiro atoms. The minimum absolute atomic E-state index is 0.131. The van der Waals surface area contributed by atoms with Crippen molar-refractivity contribution in [2.45, 2.75) is 45.9 Å². The van der Waals surface area contributed by atoms with Crippen LogP contribution in [0.5, 0.6) is 0 Å². The Bertz CT molecular complexity index is 761. The molecule has 2 aromatic rings. The highest BCUT2D eigenvalue weighted by Crippen LogP contribution is 2.20. The fraction of sp³-hybridized carbons (Fsp3) is 0.438. The molecule has 0 aliphatic heterocycles. The second-order valence-corrected chi connectivity index (χ2v) is 5.85. The third-order valence-corrected chi connectivity index (χ3v) is 3.62. The molecule has 0 fully saturated rings. The van der Waals surface area contributed by atoms with Gasteiger partial charge in [0.25, 0.3) is 0 Å². The Hall–Kier alpha value is -2.41. The highest BCUT2D eigenvalue weighted by Gasteiger charge is 2.12. The fourth-order valence-electron chi connectivity index (χ4n) is 2.33. The predicted octanol–water partition coefficient (Wildman–Crippen LogP) is 1.74. The highest BCUT2D eigenvalue weighted by atomic mass is 16.3. The third-order valence-electron chi connectivity index (χ3n) is 3.62. The summed E-state index contributed by atoms with van der Waals surface area (Å²) in [5.74, 6) is 0.131. The number of nitrogens with one attached hydrogen (secondary N) is 2. The van der Waals surface area contributed by atoms with E-state index in [1.54, 1.807) is 20.8 Å². The van der Waals surface area contributed by atoms with Crippen molar-refractivity contribution in [1.29, 1.82) is 0 Å². The summed E-state index contributed by atoms with van der Waals surface area (Å²) < 4.78 is 1.06. The van der Waals surface area contributed by atoms with Crippen LogP contribution in [0.4, 0.5) is 5.95 Å². The molecule has 3 N–H and O–H groups in total. The fourth-order valence-corrected chi connectivity index (χ4v) is 2.33. The molecule has 0 amide bonds. The monoisotopic (exact) mass is 318 g/mol. The molecule has 0 aliphatic rings. The van der Waals surface area contributed by atoms with Crippen molar-refractivity contribution in [3.63, 3.8) is 0 Å². The number of H-pyrrole nitrogens is 1. The number of aromatic nitrogens is 3. The van der Waals surface area contributed by atoms with Gasteiger partial charge >= 0.3 is 11.4 Å². The normalized spacial score (nSPS) is 13.8. The minimum Gasteiger partial charge on any atom is -0.389 e. The molecule has 7 nitrogen and oxygen atoms in total. The lowest BCUT2D eigenvalue weighted by Crippen LogP contribution is -2.39. The van der Waals surface area contributed by atoms with Crippen molar-refractivity contribution in [3.05, 3.63) is 56.4 Å². The summed E-state index contributed by atoms with van der Waals surface area (Å²) in [5.41, 5.74) is 0.635. The first-order valence-electron chi connectivity index (χ1n) is 7.57. The smallest absolute Gasteiger partial charge is 0.355 e. The summed E-state index contributed by atoms with van der Waals surface area (Å²) in [7, 11) is 0. The zero-order chi connectivity index (χ0) is 17.1. The molecule has 23 heavy (non-hydrogen) atoms. The van der Waals surface area contributed by atoms with Gasteiger partial charge in [-0.3, -0.25) is 4.98 Å². The summed E-state index contributed by atoms with van der Waals surface area (Å²) >= 11 is 0. The summed E-state index contributed by atoms with van der Waals surface area (Å²) in [6.07, 6.45) is -0.560. The van der Waals surface area contributed by atoms with Crippen molar-refractivity contribution in [3.8, 4) is 0 Å². The maximum absolute atomic E-state index is 12.0. The van der Waals surface area contributed by atoms with Crippen LogP contribution in [0.15, 0.2) is 33.9 Å². The van der Waals surface area contributed by atoms with Gasteiger partial charge < -0.3 is 10.4 Å². The average molecular weight is 318 g/mol. The zero-order valence-corrected chi connectivity index (χ0v) is 13.7. The van der Waals surface area contributed by atoms with Crippen LogP contribution >= 0.6 is 0 Å². The highest BCUT2D eigenvalue weighted by molar-refractivity contribution is 5.33. The number of rotatable bonds is 5. The van der Waals surface area contributed by atoms with Crippen LogP contribution in [-0.2, 0) is 0 Å². The van der Waals surface area contributed by atoms with E-state index in [0.717, 1.165) is 15.7 Å². The Labute approximate surface area is 134 Å². The maximum atomic E-state index is 12.0. The molecule has 0 saturated heterocycles. The molecule has 7 heteroatoms. The summed E-state index contributed by atoms with van der Waals surface area (Å²) in [6, 6.07) is 7.01. The van der Waals surface area contributed by atoms with Gasteiger partial charge in [0, 0.05) is 6.04 Å². The molecule has 2 rings (SSSR count). The largest absolute Gasteiger partial charge is 0.389 e. The number of benzene rings is 1. The SMILES string of the molecule is CC(C)n1c(=O)nc(N[C@@H](C)c2cccc([C@@H](C)O)c2)[nH]c1=O. The van der Waals surface area contributed by atoms with E-state index in [2.05, 4.69) is 15.3 Å². The van der Waals surface area contributed by atoms with Gasteiger partial charge in [-0.2, -0.15) is 4.98 Å². The minimum atomic E-state index is -0.587. The zero-order valence-electron chi connectivity index (χ0n) is 13.7. The van der Waals surface area contributed by atoms with E-state index in [1.807, 2.05) is 31.2 Å². The first-order chi connectivity index (χ1) is 10.8. The molecule has 1 aromatic heterocycles. The topological polar surface area (TPSA) is 100 Å². The van der Waals surface area contributed by atoms with Gasteiger partial charge in [-0.05, 0) is 38.8 Å². The molecule has 2 atom stereocenters. The Balaban J connectivity index is 2.27. The van der Waals surface area contributed by atoms with E-state index in [0.29, 0.717) is 0 Å². The number of aliphatic hydroxyl groups excluding tert-OH is 1. The number of anilines is 1. The lowest BCUT2D eigenvalue weighted by Gasteiger charge is -2.17. The van der Waals surface area contributed by atoms with Crippen molar-refractivity contribution >= 4 is 5.95 Å². The Kier molecular flexibility index (Phi) is 5.00. The third kappa shape index (κ3) is 3.87. The van der Waals surface area contributed by atoms with Gasteiger partial charge in [-0.1, -0.05) is 24.3 Å². The van der Waals surface area contributed by atoms with E-state index in [-0.39, 0.29) is 18.0 Å². The van der Waals surface area contributed by atoms with Crippen LogP contribution in [0.3, 0.4) is 0 Å². The second-order valence-electron chi connectivity index (χ2n) is 5.85. The van der Waals surface area contributed by atoms with E-state index in [1.165, 1.54) is 0 Å². The summed E-state index contributed by atoms with van der Waals surface area (Å²) in [6.45, 7) is 7.07. The van der Waals surface area contributed by atoms with Gasteiger partial charge in [0.15, 0.2) is 0 Å². The summed E-state index contributed by atoms with van der Waals surface area (Å²) in [4.78, 5) is 30.3. The van der Waals surface area contributed by atoms with Crippen LogP contribution in [0.2, 0.25) is 0 Å². The Morgan fingerprint density at radius 3 is 2.39 bits per heavy atom. The van der Waals surface area contributed by atoms with Crippen LogP contribution in [0.25, 0.3) is 0 Å². The summed E-state index contributed by atoms with van der Waals surface area (Å²) in [5, 5.41) is 12.7. The molecular formula is C16H22N4O3. The molecule has 0 radical (unpaired) electrons.